The number of rotatable bonds is 6. The fourth-order valence-corrected chi connectivity index (χ4v) is 3.37. The zero-order chi connectivity index (χ0) is 12.9. The molecule has 1 rings (SSSR count). The van der Waals surface area contributed by atoms with E-state index in [2.05, 4.69) is 11.8 Å². The second-order valence-electron chi connectivity index (χ2n) is 4.99. The zero-order valence-electron chi connectivity index (χ0n) is 11.1. The van der Waals surface area contributed by atoms with Gasteiger partial charge >= 0.3 is 0 Å². The first-order chi connectivity index (χ1) is 8.02. The smallest absolute Gasteiger partial charge is 0.151 e. The van der Waals surface area contributed by atoms with Crippen LogP contribution in [0.4, 0.5) is 0 Å². The third-order valence-corrected chi connectivity index (χ3v) is 5.65. The van der Waals surface area contributed by atoms with Gasteiger partial charge in [-0.15, -0.1) is 0 Å². The van der Waals surface area contributed by atoms with Crippen LogP contribution in [0.5, 0.6) is 0 Å². The number of sulfone groups is 1. The standard InChI is InChI=1S/C12H26N2O2S/c1-3-11-10-14(6-5-12(11)9-13)7-8-17(15,16)4-2/h11-12H,3-10,13H2,1-2H3. The van der Waals surface area contributed by atoms with Gasteiger partial charge in [0.2, 0.25) is 0 Å². The van der Waals surface area contributed by atoms with E-state index in [0.717, 1.165) is 32.5 Å². The molecule has 2 unspecified atom stereocenters. The van der Waals surface area contributed by atoms with Crippen LogP contribution in [0.15, 0.2) is 0 Å². The normalized spacial score (nSPS) is 27.2. The Morgan fingerprint density at radius 3 is 2.53 bits per heavy atom. The molecule has 1 saturated heterocycles. The van der Waals surface area contributed by atoms with Gasteiger partial charge in [-0.25, -0.2) is 8.42 Å². The van der Waals surface area contributed by atoms with E-state index in [4.69, 9.17) is 5.73 Å². The molecular weight excluding hydrogens is 236 g/mol. The zero-order valence-corrected chi connectivity index (χ0v) is 11.9. The predicted octanol–water partition coefficient (Wildman–Crippen LogP) is 0.728. The molecule has 1 fully saturated rings. The lowest BCUT2D eigenvalue weighted by molar-refractivity contribution is 0.126. The average Bonchev–Trinajstić information content (AvgIpc) is 2.36. The lowest BCUT2D eigenvalue weighted by Gasteiger charge is -2.37. The van der Waals surface area contributed by atoms with Crippen LogP contribution in [0, 0.1) is 11.8 Å². The summed E-state index contributed by atoms with van der Waals surface area (Å²) >= 11 is 0. The highest BCUT2D eigenvalue weighted by Gasteiger charge is 2.27. The second-order valence-corrected chi connectivity index (χ2v) is 7.46. The van der Waals surface area contributed by atoms with Crippen LogP contribution in [-0.4, -0.2) is 51.0 Å². The molecular formula is C12H26N2O2S. The first-order valence-corrected chi connectivity index (χ1v) is 8.47. The van der Waals surface area contributed by atoms with E-state index < -0.39 is 9.84 Å². The van der Waals surface area contributed by atoms with Gasteiger partial charge in [-0.1, -0.05) is 20.3 Å². The molecule has 0 aromatic rings. The number of likely N-dealkylation sites (tertiary alicyclic amines) is 1. The topological polar surface area (TPSA) is 63.4 Å². The molecule has 102 valence electrons. The van der Waals surface area contributed by atoms with Crippen molar-refractivity contribution in [1.82, 2.24) is 4.90 Å². The molecule has 0 aliphatic carbocycles. The van der Waals surface area contributed by atoms with E-state index in [9.17, 15) is 8.42 Å². The van der Waals surface area contributed by atoms with E-state index >= 15 is 0 Å². The molecule has 1 aliphatic heterocycles. The van der Waals surface area contributed by atoms with E-state index in [0.29, 0.717) is 24.1 Å². The largest absolute Gasteiger partial charge is 0.330 e. The number of nitrogens with zero attached hydrogens (tertiary/aromatic N) is 1. The van der Waals surface area contributed by atoms with Crippen LogP contribution < -0.4 is 5.73 Å². The van der Waals surface area contributed by atoms with Gasteiger partial charge in [0.1, 0.15) is 0 Å². The molecule has 4 nitrogen and oxygen atoms in total. The molecule has 17 heavy (non-hydrogen) atoms. The fourth-order valence-electron chi connectivity index (χ4n) is 2.54. The summed E-state index contributed by atoms with van der Waals surface area (Å²) in [5.41, 5.74) is 5.77. The van der Waals surface area contributed by atoms with Crippen molar-refractivity contribution < 1.29 is 8.42 Å². The minimum atomic E-state index is -2.83. The number of hydrogen-bond donors (Lipinski definition) is 1. The maximum absolute atomic E-state index is 11.5. The van der Waals surface area contributed by atoms with Crippen LogP contribution in [0.3, 0.4) is 0 Å². The van der Waals surface area contributed by atoms with Crippen LogP contribution in [0.25, 0.3) is 0 Å². The highest BCUT2D eigenvalue weighted by Crippen LogP contribution is 2.25. The van der Waals surface area contributed by atoms with Crippen molar-refractivity contribution in [1.29, 1.82) is 0 Å². The van der Waals surface area contributed by atoms with Gasteiger partial charge in [-0.3, -0.25) is 0 Å². The van der Waals surface area contributed by atoms with Gasteiger partial charge in [0.15, 0.2) is 9.84 Å². The van der Waals surface area contributed by atoms with Gasteiger partial charge < -0.3 is 10.6 Å². The van der Waals surface area contributed by atoms with Crippen LogP contribution in [0.2, 0.25) is 0 Å². The van der Waals surface area contributed by atoms with Crippen LogP contribution in [0.1, 0.15) is 26.7 Å². The van der Waals surface area contributed by atoms with E-state index in [1.807, 2.05) is 0 Å². The van der Waals surface area contributed by atoms with Crippen molar-refractivity contribution in [3.05, 3.63) is 0 Å². The maximum Gasteiger partial charge on any atom is 0.151 e. The Morgan fingerprint density at radius 1 is 1.29 bits per heavy atom. The van der Waals surface area contributed by atoms with Crippen molar-refractivity contribution in [2.24, 2.45) is 17.6 Å². The Bertz CT molecular complexity index is 316. The molecule has 0 aromatic carbocycles. The number of hydrogen-bond acceptors (Lipinski definition) is 4. The van der Waals surface area contributed by atoms with E-state index in [-0.39, 0.29) is 5.75 Å². The minimum absolute atomic E-state index is 0.253. The molecule has 0 amide bonds. The number of nitrogens with two attached hydrogens (primary N) is 1. The van der Waals surface area contributed by atoms with Gasteiger partial charge in [0, 0.05) is 18.8 Å². The molecule has 1 aliphatic rings. The van der Waals surface area contributed by atoms with Crippen molar-refractivity contribution in [2.75, 3.05) is 37.7 Å². The Kier molecular flexibility index (Phi) is 5.89. The number of piperidine rings is 1. The summed E-state index contributed by atoms with van der Waals surface area (Å²) in [6, 6.07) is 0. The summed E-state index contributed by atoms with van der Waals surface area (Å²) in [4.78, 5) is 2.29. The molecule has 0 aromatic heterocycles. The summed E-state index contributed by atoms with van der Waals surface area (Å²) in [5, 5.41) is 0. The molecule has 1 heterocycles. The maximum atomic E-state index is 11.5. The van der Waals surface area contributed by atoms with Crippen molar-refractivity contribution in [2.45, 2.75) is 26.7 Å². The van der Waals surface area contributed by atoms with Crippen LogP contribution in [-0.2, 0) is 9.84 Å². The van der Waals surface area contributed by atoms with Gasteiger partial charge in [0.05, 0.1) is 5.75 Å². The third-order valence-electron chi connectivity index (χ3n) is 3.96. The Balaban J connectivity index is 2.42. The van der Waals surface area contributed by atoms with Crippen LogP contribution >= 0.6 is 0 Å². The van der Waals surface area contributed by atoms with Crippen molar-refractivity contribution >= 4 is 9.84 Å². The monoisotopic (exact) mass is 262 g/mol. The summed E-state index contributed by atoms with van der Waals surface area (Å²) in [6.07, 6.45) is 2.25. The van der Waals surface area contributed by atoms with Crippen molar-refractivity contribution in [3.8, 4) is 0 Å². The molecule has 5 heteroatoms. The first kappa shape index (κ1) is 14.9. The van der Waals surface area contributed by atoms with Gasteiger partial charge in [0.25, 0.3) is 0 Å². The molecule has 0 saturated carbocycles. The first-order valence-electron chi connectivity index (χ1n) is 6.65. The molecule has 2 N–H and O–H groups in total. The Labute approximate surface area is 105 Å². The van der Waals surface area contributed by atoms with Gasteiger partial charge in [-0.05, 0) is 31.3 Å². The molecule has 0 radical (unpaired) electrons. The Morgan fingerprint density at radius 2 is 2.00 bits per heavy atom. The average molecular weight is 262 g/mol. The summed E-state index contributed by atoms with van der Waals surface area (Å²) in [6.45, 7) is 7.36. The predicted molar refractivity (Wildman–Crippen MR) is 71.7 cm³/mol. The van der Waals surface area contributed by atoms with E-state index in [1.165, 1.54) is 0 Å². The van der Waals surface area contributed by atoms with Crippen molar-refractivity contribution in [3.63, 3.8) is 0 Å². The fraction of sp³-hybridized carbons (Fsp3) is 1.00. The second kappa shape index (κ2) is 6.71. The summed E-state index contributed by atoms with van der Waals surface area (Å²) in [7, 11) is -2.83. The highest BCUT2D eigenvalue weighted by atomic mass is 32.2. The SMILES string of the molecule is CCC1CN(CCS(=O)(=O)CC)CCC1CN. The summed E-state index contributed by atoms with van der Waals surface area (Å²) in [5.74, 6) is 1.81. The summed E-state index contributed by atoms with van der Waals surface area (Å²) < 4.78 is 22.9. The molecule has 0 spiro atoms. The molecule has 2 atom stereocenters. The highest BCUT2D eigenvalue weighted by molar-refractivity contribution is 7.91. The Hall–Kier alpha value is -0.130. The van der Waals surface area contributed by atoms with Gasteiger partial charge in [-0.2, -0.15) is 0 Å². The third kappa shape index (κ3) is 4.56. The lowest BCUT2D eigenvalue weighted by Crippen LogP contribution is -2.44. The molecule has 0 bridgehead atoms. The van der Waals surface area contributed by atoms with E-state index in [1.54, 1.807) is 6.92 Å². The lowest BCUT2D eigenvalue weighted by atomic mass is 9.84. The minimum Gasteiger partial charge on any atom is -0.330 e. The quantitative estimate of drug-likeness (QED) is 0.766.